The molecule has 0 unspecified atom stereocenters. The van der Waals surface area contributed by atoms with Gasteiger partial charge in [0.1, 0.15) is 0 Å². The van der Waals surface area contributed by atoms with Gasteiger partial charge in [-0.25, -0.2) is 4.79 Å². The summed E-state index contributed by atoms with van der Waals surface area (Å²) in [4.78, 5) is 29.0. The van der Waals surface area contributed by atoms with E-state index in [0.717, 1.165) is 5.56 Å². The third-order valence-electron chi connectivity index (χ3n) is 3.33. The summed E-state index contributed by atoms with van der Waals surface area (Å²) >= 11 is 5.23. The summed E-state index contributed by atoms with van der Waals surface area (Å²) in [6, 6.07) is 9.90. The molecule has 10 heteroatoms. The molecule has 4 heterocycles. The lowest BCUT2D eigenvalue weighted by molar-refractivity contribution is 0.0685. The molecule has 0 radical (unpaired) electrons. The van der Waals surface area contributed by atoms with Crippen LogP contribution in [0, 0.1) is 0 Å². The first-order valence-corrected chi connectivity index (χ1v) is 8.09. The summed E-state index contributed by atoms with van der Waals surface area (Å²) in [7, 11) is 0. The monoisotopic (exact) mass is 398 g/mol. The Bertz CT molecular complexity index is 992. The minimum Gasteiger partial charge on any atom is -0.476 e. The first-order valence-electron chi connectivity index (χ1n) is 7.72. The van der Waals surface area contributed by atoms with Crippen molar-refractivity contribution in [2.75, 3.05) is 0 Å². The van der Waals surface area contributed by atoms with Gasteiger partial charge in [-0.3, -0.25) is 14.8 Å². The molecule has 0 aliphatic heterocycles. The van der Waals surface area contributed by atoms with E-state index in [1.165, 1.54) is 12.1 Å². The minimum atomic E-state index is -1.11. The van der Waals surface area contributed by atoms with Crippen LogP contribution < -0.4 is 0 Å². The number of rotatable bonds is 4. The third kappa shape index (κ3) is 4.65. The smallest absolute Gasteiger partial charge is 0.358 e. The Morgan fingerprint density at radius 2 is 1.36 bits per heavy atom. The van der Waals surface area contributed by atoms with Crippen LogP contribution >= 0.6 is 11.6 Å². The zero-order valence-electron chi connectivity index (χ0n) is 14.0. The Labute approximate surface area is 162 Å². The number of carboxylic acids is 1. The first kappa shape index (κ1) is 18.9. The molecule has 0 fully saturated rings. The topological polar surface area (TPSA) is 132 Å². The largest absolute Gasteiger partial charge is 0.476 e. The maximum Gasteiger partial charge on any atom is 0.358 e. The van der Waals surface area contributed by atoms with Crippen LogP contribution in [0.1, 0.15) is 21.0 Å². The Morgan fingerprint density at radius 1 is 0.857 bits per heavy atom. The van der Waals surface area contributed by atoms with E-state index in [0.29, 0.717) is 17.1 Å². The van der Waals surface area contributed by atoms with Gasteiger partial charge in [-0.05, 0) is 35.9 Å². The average Bonchev–Trinajstić information content (AvgIpc) is 3.40. The molecule has 0 aromatic carbocycles. The van der Waals surface area contributed by atoms with Crippen LogP contribution in [0.2, 0.25) is 0 Å². The molecule has 0 aliphatic carbocycles. The lowest BCUT2D eigenvalue weighted by Gasteiger charge is -1.90. The molecule has 0 spiro atoms. The molecule has 0 atom stereocenters. The van der Waals surface area contributed by atoms with Crippen LogP contribution in [0.15, 0.2) is 70.2 Å². The zero-order valence-corrected chi connectivity index (χ0v) is 14.8. The number of hydrogen-bond acceptors (Lipinski definition) is 8. The number of halogens is 1. The Balaban J connectivity index is 0.000000161. The highest BCUT2D eigenvalue weighted by atomic mass is 35.5. The normalized spacial score (nSPS) is 10.0. The molecule has 0 amide bonds. The number of carbonyl (C=O) groups excluding carboxylic acids is 1. The number of aromatic carboxylic acids is 1. The van der Waals surface area contributed by atoms with Gasteiger partial charge >= 0.3 is 5.97 Å². The van der Waals surface area contributed by atoms with Crippen molar-refractivity contribution in [3.05, 3.63) is 72.6 Å². The van der Waals surface area contributed by atoms with Gasteiger partial charge in [-0.2, -0.15) is 0 Å². The number of pyridine rings is 2. The lowest BCUT2D eigenvalue weighted by atomic mass is 10.2. The molecule has 0 saturated heterocycles. The van der Waals surface area contributed by atoms with E-state index in [1.807, 2.05) is 0 Å². The quantitative estimate of drug-likeness (QED) is 0.512. The van der Waals surface area contributed by atoms with Crippen molar-refractivity contribution in [2.24, 2.45) is 0 Å². The van der Waals surface area contributed by atoms with E-state index in [1.54, 1.807) is 49.1 Å². The summed E-state index contributed by atoms with van der Waals surface area (Å²) in [5.74, 6) is -0.235. The molecule has 0 saturated carbocycles. The summed E-state index contributed by atoms with van der Waals surface area (Å²) in [6.45, 7) is 0. The van der Waals surface area contributed by atoms with Crippen LogP contribution in [0.5, 0.6) is 0 Å². The van der Waals surface area contributed by atoms with Crippen molar-refractivity contribution in [2.45, 2.75) is 0 Å². The predicted molar refractivity (Wildman–Crippen MR) is 96.6 cm³/mol. The van der Waals surface area contributed by atoms with E-state index in [-0.39, 0.29) is 11.4 Å². The molecule has 9 nitrogen and oxygen atoms in total. The fourth-order valence-electron chi connectivity index (χ4n) is 2.03. The van der Waals surface area contributed by atoms with E-state index >= 15 is 0 Å². The van der Waals surface area contributed by atoms with Crippen molar-refractivity contribution < 1.29 is 23.7 Å². The van der Waals surface area contributed by atoms with Gasteiger partial charge in [0.15, 0.2) is 22.9 Å². The maximum absolute atomic E-state index is 10.7. The second kappa shape index (κ2) is 8.69. The van der Waals surface area contributed by atoms with Crippen LogP contribution in [0.25, 0.3) is 22.6 Å². The third-order valence-corrected chi connectivity index (χ3v) is 3.53. The van der Waals surface area contributed by atoms with Gasteiger partial charge in [0.25, 0.3) is 5.24 Å². The molecular formula is C18H11ClN4O5. The molecule has 0 aliphatic rings. The average molecular weight is 399 g/mol. The van der Waals surface area contributed by atoms with Crippen LogP contribution in [0.3, 0.4) is 0 Å². The molecular weight excluding hydrogens is 388 g/mol. The van der Waals surface area contributed by atoms with Crippen molar-refractivity contribution in [3.8, 4) is 22.6 Å². The zero-order chi connectivity index (χ0) is 19.9. The van der Waals surface area contributed by atoms with Gasteiger partial charge in [0.05, 0.1) is 0 Å². The number of hydrogen-bond donors (Lipinski definition) is 1. The van der Waals surface area contributed by atoms with E-state index in [9.17, 15) is 9.59 Å². The molecule has 4 rings (SSSR count). The number of carbonyl (C=O) groups is 2. The van der Waals surface area contributed by atoms with Gasteiger partial charge in [0.2, 0.25) is 0 Å². The molecule has 4 aromatic heterocycles. The number of nitrogens with zero attached hydrogens (tertiary/aromatic N) is 4. The van der Waals surface area contributed by atoms with Crippen molar-refractivity contribution >= 4 is 22.8 Å². The highest BCUT2D eigenvalue weighted by Crippen LogP contribution is 2.20. The standard InChI is InChI=1S/C9H5ClN2O2.C9H6N2O3/c10-9(13)7-4-8(14-12-7)6-2-1-3-11-5-6;12-9(13)7-4-8(14-11-7)6-2-1-3-10-5-6/h1-5H;1-5H,(H,12,13). The lowest BCUT2D eigenvalue weighted by Crippen LogP contribution is -1.94. The SMILES string of the molecule is O=C(Cl)c1cc(-c2cccnc2)on1.O=C(O)c1cc(-c2cccnc2)on1. The van der Waals surface area contributed by atoms with E-state index < -0.39 is 11.2 Å². The molecule has 140 valence electrons. The fraction of sp³-hybridized carbons (Fsp3) is 0. The first-order chi connectivity index (χ1) is 13.5. The van der Waals surface area contributed by atoms with Gasteiger partial charge in [-0.15, -0.1) is 0 Å². The van der Waals surface area contributed by atoms with E-state index in [4.69, 9.17) is 25.8 Å². The van der Waals surface area contributed by atoms with E-state index in [2.05, 4.69) is 20.3 Å². The van der Waals surface area contributed by atoms with Gasteiger partial charge in [0, 0.05) is 48.0 Å². The Morgan fingerprint density at radius 3 is 1.71 bits per heavy atom. The summed E-state index contributed by atoms with van der Waals surface area (Å²) in [5.41, 5.74) is 1.45. The number of aromatic nitrogens is 4. The molecule has 28 heavy (non-hydrogen) atoms. The van der Waals surface area contributed by atoms with Crippen molar-refractivity contribution in [1.82, 2.24) is 20.3 Å². The fourth-order valence-corrected chi connectivity index (χ4v) is 2.12. The number of carboxylic acid groups (broad SMARTS) is 1. The highest BCUT2D eigenvalue weighted by Gasteiger charge is 2.12. The summed E-state index contributed by atoms with van der Waals surface area (Å²) in [5, 5.41) is 14.9. The maximum atomic E-state index is 10.7. The van der Waals surface area contributed by atoms with Crippen LogP contribution in [-0.4, -0.2) is 36.6 Å². The van der Waals surface area contributed by atoms with Crippen LogP contribution in [0.4, 0.5) is 0 Å². The highest BCUT2D eigenvalue weighted by molar-refractivity contribution is 6.67. The second-order valence-corrected chi connectivity index (χ2v) is 5.56. The van der Waals surface area contributed by atoms with Gasteiger partial charge < -0.3 is 14.2 Å². The van der Waals surface area contributed by atoms with Crippen LogP contribution in [-0.2, 0) is 0 Å². The second-order valence-electron chi connectivity index (χ2n) is 5.22. The summed E-state index contributed by atoms with van der Waals surface area (Å²) < 4.78 is 9.76. The molecule has 4 aromatic rings. The van der Waals surface area contributed by atoms with Crippen molar-refractivity contribution in [3.63, 3.8) is 0 Å². The van der Waals surface area contributed by atoms with Crippen molar-refractivity contribution in [1.29, 1.82) is 0 Å². The Kier molecular flexibility index (Phi) is 5.87. The minimum absolute atomic E-state index is 0.102. The predicted octanol–water partition coefficient (Wildman–Crippen LogP) is 3.55. The Hall–Kier alpha value is -3.85. The molecule has 0 bridgehead atoms. The van der Waals surface area contributed by atoms with Gasteiger partial charge in [-0.1, -0.05) is 10.3 Å². The molecule has 1 N–H and O–H groups in total. The summed E-state index contributed by atoms with van der Waals surface area (Å²) in [6.07, 6.45) is 6.46.